The molecule has 24 heavy (non-hydrogen) atoms. The summed E-state index contributed by atoms with van der Waals surface area (Å²) >= 11 is 0. The van der Waals surface area contributed by atoms with Gasteiger partial charge in [0, 0.05) is 19.8 Å². The van der Waals surface area contributed by atoms with E-state index < -0.39 is 0 Å². The van der Waals surface area contributed by atoms with Crippen molar-refractivity contribution in [1.82, 2.24) is 5.32 Å². The van der Waals surface area contributed by atoms with Crippen LogP contribution in [0.3, 0.4) is 0 Å². The van der Waals surface area contributed by atoms with Crippen LogP contribution in [0.1, 0.15) is 40.8 Å². The standard InChI is InChI=1S/C19H25NO4/c1-4-22-11-5-10-20-19(21)18-9-8-17(24-18)13-23-16-7-6-14(2)15(3)12-16/h6-9,12H,4-5,10-11,13H2,1-3H3,(H,20,21). The Balaban J connectivity index is 1.79. The second-order valence-corrected chi connectivity index (χ2v) is 5.61. The molecule has 0 atom stereocenters. The van der Waals surface area contributed by atoms with E-state index in [0.717, 1.165) is 12.2 Å². The van der Waals surface area contributed by atoms with Gasteiger partial charge in [-0.25, -0.2) is 0 Å². The van der Waals surface area contributed by atoms with Crippen LogP contribution in [0.5, 0.6) is 5.75 Å². The van der Waals surface area contributed by atoms with Crippen LogP contribution in [0.15, 0.2) is 34.7 Å². The minimum absolute atomic E-state index is 0.219. The maximum absolute atomic E-state index is 12.0. The van der Waals surface area contributed by atoms with Crippen LogP contribution in [-0.4, -0.2) is 25.7 Å². The van der Waals surface area contributed by atoms with Crippen LogP contribution < -0.4 is 10.1 Å². The average molecular weight is 331 g/mol. The van der Waals surface area contributed by atoms with Gasteiger partial charge >= 0.3 is 0 Å². The predicted octanol–water partition coefficient (Wildman–Crippen LogP) is 3.63. The van der Waals surface area contributed by atoms with Crippen molar-refractivity contribution in [3.05, 3.63) is 53.0 Å². The highest BCUT2D eigenvalue weighted by atomic mass is 16.5. The largest absolute Gasteiger partial charge is 0.486 e. The molecule has 2 rings (SSSR count). The summed E-state index contributed by atoms with van der Waals surface area (Å²) in [6.45, 7) is 8.24. The number of nitrogens with one attached hydrogen (secondary N) is 1. The quantitative estimate of drug-likeness (QED) is 0.713. The Hall–Kier alpha value is -2.27. The molecule has 1 N–H and O–H groups in total. The van der Waals surface area contributed by atoms with Crippen molar-refractivity contribution in [2.75, 3.05) is 19.8 Å². The molecule has 0 bridgehead atoms. The van der Waals surface area contributed by atoms with E-state index in [1.54, 1.807) is 12.1 Å². The van der Waals surface area contributed by atoms with Crippen molar-refractivity contribution >= 4 is 5.91 Å². The third-order valence-corrected chi connectivity index (χ3v) is 3.70. The van der Waals surface area contributed by atoms with Crippen molar-refractivity contribution in [3.8, 4) is 5.75 Å². The minimum atomic E-state index is -0.219. The van der Waals surface area contributed by atoms with E-state index in [4.69, 9.17) is 13.9 Å². The van der Waals surface area contributed by atoms with E-state index in [1.807, 2.05) is 32.0 Å². The highest BCUT2D eigenvalue weighted by molar-refractivity contribution is 5.91. The van der Waals surface area contributed by atoms with E-state index in [9.17, 15) is 4.79 Å². The molecular formula is C19H25NO4. The summed E-state index contributed by atoms with van der Waals surface area (Å²) in [5, 5.41) is 2.81. The Morgan fingerprint density at radius 2 is 2.00 bits per heavy atom. The molecule has 0 radical (unpaired) electrons. The summed E-state index contributed by atoms with van der Waals surface area (Å²) < 4.78 is 16.5. The van der Waals surface area contributed by atoms with Crippen LogP contribution in [-0.2, 0) is 11.3 Å². The number of benzene rings is 1. The van der Waals surface area contributed by atoms with Gasteiger partial charge in [0.05, 0.1) is 0 Å². The SMILES string of the molecule is CCOCCCNC(=O)c1ccc(COc2ccc(C)c(C)c2)o1. The number of rotatable bonds is 9. The Labute approximate surface area is 143 Å². The number of hydrogen-bond donors (Lipinski definition) is 1. The first kappa shape index (κ1) is 18.1. The predicted molar refractivity (Wildman–Crippen MR) is 92.4 cm³/mol. The number of carbonyl (C=O) groups is 1. The van der Waals surface area contributed by atoms with Gasteiger partial charge in [-0.05, 0) is 62.6 Å². The van der Waals surface area contributed by atoms with Crippen LogP contribution in [0.4, 0.5) is 0 Å². The van der Waals surface area contributed by atoms with E-state index >= 15 is 0 Å². The second-order valence-electron chi connectivity index (χ2n) is 5.61. The zero-order valence-corrected chi connectivity index (χ0v) is 14.6. The molecule has 1 amide bonds. The highest BCUT2D eigenvalue weighted by Crippen LogP contribution is 2.18. The number of furan rings is 1. The summed E-state index contributed by atoms with van der Waals surface area (Å²) in [5.41, 5.74) is 2.41. The molecule has 0 saturated carbocycles. The lowest BCUT2D eigenvalue weighted by Crippen LogP contribution is -2.24. The zero-order chi connectivity index (χ0) is 17.4. The molecule has 0 fully saturated rings. The molecule has 0 aliphatic heterocycles. The highest BCUT2D eigenvalue weighted by Gasteiger charge is 2.11. The maximum atomic E-state index is 12.0. The number of ether oxygens (including phenoxy) is 2. The third kappa shape index (κ3) is 5.42. The smallest absolute Gasteiger partial charge is 0.286 e. The molecule has 1 aromatic heterocycles. The first-order chi connectivity index (χ1) is 11.6. The van der Waals surface area contributed by atoms with Crippen molar-refractivity contribution in [1.29, 1.82) is 0 Å². The first-order valence-corrected chi connectivity index (χ1v) is 8.25. The lowest BCUT2D eigenvalue weighted by molar-refractivity contribution is 0.0913. The first-order valence-electron chi connectivity index (χ1n) is 8.25. The fourth-order valence-corrected chi connectivity index (χ4v) is 2.14. The zero-order valence-electron chi connectivity index (χ0n) is 14.6. The molecule has 5 nitrogen and oxygen atoms in total. The van der Waals surface area contributed by atoms with Gasteiger partial charge in [0.15, 0.2) is 5.76 Å². The molecule has 5 heteroatoms. The van der Waals surface area contributed by atoms with Crippen LogP contribution in [0, 0.1) is 13.8 Å². The Morgan fingerprint density at radius 1 is 1.17 bits per heavy atom. The number of carbonyl (C=O) groups excluding carboxylic acids is 1. The Kier molecular flexibility index (Phi) is 6.88. The molecule has 1 aromatic carbocycles. The van der Waals surface area contributed by atoms with Crippen molar-refractivity contribution in [2.24, 2.45) is 0 Å². The maximum Gasteiger partial charge on any atom is 0.286 e. The molecule has 0 aliphatic rings. The van der Waals surface area contributed by atoms with E-state index in [0.29, 0.717) is 37.9 Å². The molecule has 0 spiro atoms. The molecular weight excluding hydrogens is 306 g/mol. The van der Waals surface area contributed by atoms with Gasteiger partial charge in [0.2, 0.25) is 0 Å². The van der Waals surface area contributed by atoms with Gasteiger partial charge in [-0.2, -0.15) is 0 Å². The van der Waals surface area contributed by atoms with Crippen LogP contribution in [0.2, 0.25) is 0 Å². The van der Waals surface area contributed by atoms with Crippen LogP contribution in [0.25, 0.3) is 0 Å². The fourth-order valence-electron chi connectivity index (χ4n) is 2.14. The fraction of sp³-hybridized carbons (Fsp3) is 0.421. The van der Waals surface area contributed by atoms with Gasteiger partial charge in [0.25, 0.3) is 5.91 Å². The molecule has 0 unspecified atom stereocenters. The van der Waals surface area contributed by atoms with Crippen LogP contribution >= 0.6 is 0 Å². The van der Waals surface area contributed by atoms with Gasteiger partial charge in [0.1, 0.15) is 18.1 Å². The molecule has 130 valence electrons. The van der Waals surface area contributed by atoms with Gasteiger partial charge < -0.3 is 19.2 Å². The van der Waals surface area contributed by atoms with E-state index in [1.165, 1.54) is 11.1 Å². The Bertz CT molecular complexity index is 663. The lowest BCUT2D eigenvalue weighted by Gasteiger charge is -2.07. The van der Waals surface area contributed by atoms with Crippen molar-refractivity contribution in [3.63, 3.8) is 0 Å². The normalized spacial score (nSPS) is 10.6. The molecule has 1 heterocycles. The van der Waals surface area contributed by atoms with Crippen molar-refractivity contribution in [2.45, 2.75) is 33.8 Å². The van der Waals surface area contributed by atoms with Gasteiger partial charge in [-0.1, -0.05) is 6.07 Å². The number of amides is 1. The number of aryl methyl sites for hydroxylation is 2. The summed E-state index contributed by atoms with van der Waals surface area (Å²) in [6, 6.07) is 9.36. The third-order valence-electron chi connectivity index (χ3n) is 3.70. The lowest BCUT2D eigenvalue weighted by atomic mass is 10.1. The van der Waals surface area contributed by atoms with Gasteiger partial charge in [-0.3, -0.25) is 4.79 Å². The second kappa shape index (κ2) is 9.13. The summed E-state index contributed by atoms with van der Waals surface area (Å²) in [5.74, 6) is 1.48. The Morgan fingerprint density at radius 3 is 2.75 bits per heavy atom. The van der Waals surface area contributed by atoms with Gasteiger partial charge in [-0.15, -0.1) is 0 Å². The molecule has 2 aromatic rings. The monoisotopic (exact) mass is 331 g/mol. The summed E-state index contributed by atoms with van der Waals surface area (Å²) in [6.07, 6.45) is 0.781. The summed E-state index contributed by atoms with van der Waals surface area (Å²) in [4.78, 5) is 12.0. The van der Waals surface area contributed by atoms with E-state index in [2.05, 4.69) is 12.2 Å². The minimum Gasteiger partial charge on any atom is -0.486 e. The number of hydrogen-bond acceptors (Lipinski definition) is 4. The molecule has 0 saturated heterocycles. The van der Waals surface area contributed by atoms with E-state index in [-0.39, 0.29) is 5.91 Å². The topological polar surface area (TPSA) is 60.7 Å². The summed E-state index contributed by atoms with van der Waals surface area (Å²) in [7, 11) is 0. The molecule has 0 aliphatic carbocycles. The van der Waals surface area contributed by atoms with Crippen molar-refractivity contribution < 1.29 is 18.7 Å². The average Bonchev–Trinajstić information content (AvgIpc) is 3.05.